The van der Waals surface area contributed by atoms with Gasteiger partial charge in [0.25, 0.3) is 5.91 Å². The molecule has 53 heavy (non-hydrogen) atoms. The number of hydrogen-bond donors (Lipinski definition) is 4. The Balaban J connectivity index is 1.89. The van der Waals surface area contributed by atoms with E-state index >= 15 is 0 Å². The molecule has 2 fully saturated rings. The highest BCUT2D eigenvalue weighted by molar-refractivity contribution is 7.91. The summed E-state index contributed by atoms with van der Waals surface area (Å²) in [4.78, 5) is 70.1. The van der Waals surface area contributed by atoms with Gasteiger partial charge in [-0.1, -0.05) is 79.0 Å². The first-order chi connectivity index (χ1) is 24.8. The van der Waals surface area contributed by atoms with E-state index in [9.17, 15) is 32.4 Å². The van der Waals surface area contributed by atoms with Gasteiger partial charge in [-0.3, -0.25) is 19.2 Å². The van der Waals surface area contributed by atoms with Crippen LogP contribution in [0.3, 0.4) is 0 Å². The molecule has 1 aromatic carbocycles. The number of likely N-dealkylation sites (tertiary alicyclic amines) is 1. The Morgan fingerprint density at radius 3 is 2.11 bits per heavy atom. The predicted molar refractivity (Wildman–Crippen MR) is 204 cm³/mol. The number of nitrogens with zero attached hydrogens (tertiary/aromatic N) is 1. The van der Waals surface area contributed by atoms with Gasteiger partial charge in [0, 0.05) is 25.9 Å². The van der Waals surface area contributed by atoms with Gasteiger partial charge in [0.2, 0.25) is 17.6 Å². The molecule has 4 N–H and O–H groups in total. The molecule has 0 radical (unpaired) electrons. The molecule has 0 bridgehead atoms. The zero-order chi connectivity index (χ0) is 39.6. The molecule has 5 amide bonds. The normalized spacial score (nSPS) is 19.8. The number of ketones is 1. The Labute approximate surface area is 315 Å². The lowest BCUT2D eigenvalue weighted by molar-refractivity contribution is -0.145. The largest absolute Gasteiger partial charge is 0.348 e. The number of amides is 5. The van der Waals surface area contributed by atoms with Crippen molar-refractivity contribution < 1.29 is 32.4 Å². The minimum atomic E-state index is -3.75. The van der Waals surface area contributed by atoms with Gasteiger partial charge in [-0.25, -0.2) is 13.2 Å². The fraction of sp³-hybridized carbons (Fsp3) is 0.625. The Kier molecular flexibility index (Phi) is 14.7. The van der Waals surface area contributed by atoms with Crippen LogP contribution in [0.15, 0.2) is 35.2 Å². The Bertz CT molecular complexity index is 1680. The molecule has 1 saturated heterocycles. The fourth-order valence-corrected chi connectivity index (χ4v) is 9.18. The number of sulfone groups is 1. The molecule has 4 atom stereocenters. The molecule has 0 spiro atoms. The molecule has 13 heteroatoms. The van der Waals surface area contributed by atoms with Gasteiger partial charge in [-0.15, -0.1) is 24.7 Å². The van der Waals surface area contributed by atoms with E-state index in [1.807, 2.05) is 20.8 Å². The van der Waals surface area contributed by atoms with E-state index in [1.54, 1.807) is 39.0 Å². The van der Waals surface area contributed by atoms with Crippen LogP contribution in [0.5, 0.6) is 0 Å². The van der Waals surface area contributed by atoms with E-state index in [2.05, 4.69) is 33.1 Å². The number of carbonyl (C=O) groups is 5. The summed E-state index contributed by atoms with van der Waals surface area (Å²) in [5, 5.41) is 11.0. The first-order valence-electron chi connectivity index (χ1n) is 18.4. The topological polar surface area (TPSA) is 171 Å². The molecule has 2 aliphatic rings. The molecule has 0 aromatic heterocycles. The van der Waals surface area contributed by atoms with Gasteiger partial charge >= 0.3 is 6.03 Å². The van der Waals surface area contributed by atoms with Crippen molar-refractivity contribution in [2.24, 2.45) is 16.7 Å². The number of rotatable bonds is 14. The molecular formula is C40H57N5O7S. The molecule has 2 unspecified atom stereocenters. The summed E-state index contributed by atoms with van der Waals surface area (Å²) in [5.74, 6) is 1.35. The number of terminal acetylenes is 2. The van der Waals surface area contributed by atoms with Crippen molar-refractivity contribution in [2.45, 2.75) is 128 Å². The maximum atomic E-state index is 14.6. The standard InChI is InChI=1S/C40H57N5O7S/c1-9-11-21-30(32(46)35(48)41-25-12-10-2)42-34(47)31-29(38(3,4)5)22-26-45(31)36(49)33(39(6,7)8)43-37(50)44-40(23-17-14-18-24-40)27-53(51,52)28-19-15-13-16-20-28/h1-2,13,15-16,19-20,29-31,33H,11-12,14,17-18,21-27H2,3-8H3,(H,41,48)(H,42,47)(H2,43,44,50)/t29?,30?,31-,33+/m0/s1. The SMILES string of the molecule is C#CCCNC(=O)C(=O)C(CCC#C)NC(=O)[C@@H]1C(C(C)(C)C)CCN1C(=O)[C@@H](NC(=O)NC1(CS(=O)(=O)c2ccccc2)CCCCC1)C(C)(C)C. The summed E-state index contributed by atoms with van der Waals surface area (Å²) in [6.45, 7) is 11.6. The summed E-state index contributed by atoms with van der Waals surface area (Å²) in [6, 6.07) is 4.09. The predicted octanol–water partition coefficient (Wildman–Crippen LogP) is 3.75. The quantitative estimate of drug-likeness (QED) is 0.128. The van der Waals surface area contributed by atoms with Crippen LogP contribution in [-0.2, 0) is 29.0 Å². The highest BCUT2D eigenvalue weighted by Gasteiger charge is 2.50. The van der Waals surface area contributed by atoms with Gasteiger partial charge in [0.05, 0.1) is 22.2 Å². The molecule has 1 aliphatic heterocycles. The number of carbonyl (C=O) groups excluding carboxylic acids is 5. The van der Waals surface area contributed by atoms with Crippen LogP contribution in [0.1, 0.15) is 99.3 Å². The van der Waals surface area contributed by atoms with Crippen molar-refractivity contribution in [1.29, 1.82) is 0 Å². The molecule has 1 saturated carbocycles. The monoisotopic (exact) mass is 751 g/mol. The number of nitrogens with one attached hydrogen (secondary N) is 4. The number of Topliss-reactive ketones (excluding diaryl/α,β-unsaturated/α-hetero) is 1. The van der Waals surface area contributed by atoms with Crippen LogP contribution in [0.2, 0.25) is 0 Å². The van der Waals surface area contributed by atoms with E-state index in [0.29, 0.717) is 19.3 Å². The molecule has 290 valence electrons. The van der Waals surface area contributed by atoms with Gasteiger partial charge in [0.15, 0.2) is 9.84 Å². The maximum absolute atomic E-state index is 14.6. The summed E-state index contributed by atoms with van der Waals surface area (Å²) >= 11 is 0. The van der Waals surface area contributed by atoms with Crippen LogP contribution >= 0.6 is 0 Å². The Morgan fingerprint density at radius 2 is 1.55 bits per heavy atom. The highest BCUT2D eigenvalue weighted by Crippen LogP contribution is 2.40. The second-order valence-electron chi connectivity index (χ2n) is 16.4. The summed E-state index contributed by atoms with van der Waals surface area (Å²) < 4.78 is 27.0. The van der Waals surface area contributed by atoms with Crippen LogP contribution in [0, 0.1) is 41.4 Å². The molecule has 12 nitrogen and oxygen atoms in total. The van der Waals surface area contributed by atoms with E-state index in [-0.39, 0.29) is 48.9 Å². The Morgan fingerprint density at radius 1 is 0.925 bits per heavy atom. The fourth-order valence-electron chi connectivity index (χ4n) is 7.35. The molecule has 1 aliphatic carbocycles. The number of benzene rings is 1. The van der Waals surface area contributed by atoms with Crippen molar-refractivity contribution >= 4 is 39.4 Å². The number of hydrogen-bond acceptors (Lipinski definition) is 7. The van der Waals surface area contributed by atoms with Gasteiger partial charge < -0.3 is 26.2 Å². The van der Waals surface area contributed by atoms with Crippen molar-refractivity contribution in [2.75, 3.05) is 18.8 Å². The molecular weight excluding hydrogens is 695 g/mol. The smallest absolute Gasteiger partial charge is 0.315 e. The third-order valence-corrected chi connectivity index (χ3v) is 12.1. The lowest BCUT2D eigenvalue weighted by atomic mass is 9.75. The third kappa shape index (κ3) is 11.6. The van der Waals surface area contributed by atoms with Crippen LogP contribution in [0.25, 0.3) is 0 Å². The summed E-state index contributed by atoms with van der Waals surface area (Å²) in [6.07, 6.45) is 14.9. The van der Waals surface area contributed by atoms with E-state index in [4.69, 9.17) is 12.8 Å². The van der Waals surface area contributed by atoms with Crippen molar-refractivity contribution in [3.8, 4) is 24.7 Å². The zero-order valence-electron chi connectivity index (χ0n) is 32.0. The van der Waals surface area contributed by atoms with Crippen LogP contribution in [0.4, 0.5) is 4.79 Å². The summed E-state index contributed by atoms with van der Waals surface area (Å²) in [7, 11) is -3.75. The zero-order valence-corrected chi connectivity index (χ0v) is 32.9. The minimum absolute atomic E-state index is 0.0125. The Hall–Kier alpha value is -4.36. The first-order valence-corrected chi connectivity index (χ1v) is 20.1. The highest BCUT2D eigenvalue weighted by atomic mass is 32.2. The van der Waals surface area contributed by atoms with Gasteiger partial charge in [0.1, 0.15) is 12.1 Å². The van der Waals surface area contributed by atoms with E-state index in [0.717, 1.165) is 19.3 Å². The van der Waals surface area contributed by atoms with Crippen molar-refractivity contribution in [3.63, 3.8) is 0 Å². The second-order valence-corrected chi connectivity index (χ2v) is 18.4. The first kappa shape index (κ1) is 43.0. The molecule has 1 aromatic rings. The molecule has 1 heterocycles. The molecule has 3 rings (SSSR count). The lowest BCUT2D eigenvalue weighted by Gasteiger charge is -2.40. The van der Waals surface area contributed by atoms with Crippen LogP contribution < -0.4 is 21.3 Å². The van der Waals surface area contributed by atoms with Gasteiger partial charge in [-0.2, -0.15) is 0 Å². The maximum Gasteiger partial charge on any atom is 0.315 e. The average molecular weight is 752 g/mol. The van der Waals surface area contributed by atoms with Crippen molar-refractivity contribution in [1.82, 2.24) is 26.2 Å². The van der Waals surface area contributed by atoms with E-state index in [1.165, 1.54) is 17.0 Å². The number of urea groups is 1. The van der Waals surface area contributed by atoms with Gasteiger partial charge in [-0.05, 0) is 54.6 Å². The third-order valence-electron chi connectivity index (χ3n) is 10.2. The minimum Gasteiger partial charge on any atom is -0.348 e. The van der Waals surface area contributed by atoms with E-state index < -0.39 is 73.9 Å². The summed E-state index contributed by atoms with van der Waals surface area (Å²) in [5.41, 5.74) is -2.31. The lowest BCUT2D eigenvalue weighted by Crippen LogP contribution is -2.63. The average Bonchev–Trinajstić information content (AvgIpc) is 3.55. The van der Waals surface area contributed by atoms with Crippen molar-refractivity contribution in [3.05, 3.63) is 30.3 Å². The second kappa shape index (κ2) is 18.1. The van der Waals surface area contributed by atoms with Crippen LogP contribution in [-0.4, -0.2) is 85.4 Å².